The van der Waals surface area contributed by atoms with Crippen molar-refractivity contribution in [1.29, 1.82) is 0 Å². The fraction of sp³-hybridized carbons (Fsp3) is 0.0769. The van der Waals surface area contributed by atoms with E-state index in [-0.39, 0.29) is 17.2 Å². The maximum atomic E-state index is 14.4. The van der Waals surface area contributed by atoms with E-state index in [2.05, 4.69) is 15.3 Å². The Morgan fingerprint density at radius 2 is 1.62 bits per heavy atom. The fourth-order valence-corrected chi connectivity index (χ4v) is 5.69. The SMILES string of the molecule is Cc1nn(-c2ccccc2)c2c1[C@@]1(C(=O)c3cccc4cccc1c34)c1c([nH]c(=O)[nH]c1=O)N2. The second-order valence-electron chi connectivity index (χ2n) is 8.63. The Morgan fingerprint density at radius 1 is 0.853 bits per heavy atom. The van der Waals surface area contributed by atoms with Gasteiger partial charge in [-0.15, -0.1) is 0 Å². The zero-order chi connectivity index (χ0) is 23.2. The molecule has 0 radical (unpaired) electrons. The lowest BCUT2D eigenvalue weighted by molar-refractivity contribution is 0.0943. The number of Topliss-reactive ketones (excluding diaryl/α,β-unsaturated/α-hetero) is 1. The number of fused-ring (bicyclic) bond motifs is 5. The van der Waals surface area contributed by atoms with Gasteiger partial charge in [0.2, 0.25) is 0 Å². The number of carbonyl (C=O) groups is 1. The van der Waals surface area contributed by atoms with Crippen LogP contribution in [0.4, 0.5) is 11.6 Å². The number of nitrogens with zero attached hydrogens (tertiary/aromatic N) is 2. The average Bonchev–Trinajstić information content (AvgIpc) is 3.29. The van der Waals surface area contributed by atoms with Crippen LogP contribution in [0.5, 0.6) is 0 Å². The Morgan fingerprint density at radius 3 is 2.41 bits per heavy atom. The summed E-state index contributed by atoms with van der Waals surface area (Å²) in [5, 5.41) is 9.71. The van der Waals surface area contributed by atoms with Gasteiger partial charge in [-0.2, -0.15) is 5.10 Å². The highest BCUT2D eigenvalue weighted by atomic mass is 16.2. The summed E-state index contributed by atoms with van der Waals surface area (Å²) in [4.78, 5) is 45.1. The predicted molar refractivity (Wildman–Crippen MR) is 127 cm³/mol. The van der Waals surface area contributed by atoms with E-state index >= 15 is 0 Å². The highest BCUT2D eigenvalue weighted by Crippen LogP contribution is 2.56. The summed E-state index contributed by atoms with van der Waals surface area (Å²) in [6.07, 6.45) is 0. The summed E-state index contributed by atoms with van der Waals surface area (Å²) in [5.41, 5.74) is 0.715. The Balaban J connectivity index is 1.70. The number of hydrogen-bond acceptors (Lipinski definition) is 5. The first-order valence-electron chi connectivity index (χ1n) is 10.9. The van der Waals surface area contributed by atoms with Crippen LogP contribution in [-0.4, -0.2) is 25.5 Å². The Labute approximate surface area is 191 Å². The first-order valence-corrected chi connectivity index (χ1v) is 10.9. The van der Waals surface area contributed by atoms with Gasteiger partial charge < -0.3 is 5.32 Å². The van der Waals surface area contributed by atoms with Crippen molar-refractivity contribution in [2.24, 2.45) is 0 Å². The predicted octanol–water partition coefficient (Wildman–Crippen LogP) is 3.30. The lowest BCUT2D eigenvalue weighted by Gasteiger charge is -2.35. The van der Waals surface area contributed by atoms with E-state index in [4.69, 9.17) is 5.10 Å². The average molecular weight is 447 g/mol. The number of para-hydroxylation sites is 1. The third-order valence-electron chi connectivity index (χ3n) is 6.89. The van der Waals surface area contributed by atoms with Crippen LogP contribution in [0.25, 0.3) is 16.5 Å². The van der Waals surface area contributed by atoms with Crippen LogP contribution in [0, 0.1) is 6.92 Å². The zero-order valence-electron chi connectivity index (χ0n) is 18.0. The molecule has 1 aliphatic carbocycles. The van der Waals surface area contributed by atoms with Crippen molar-refractivity contribution in [2.45, 2.75) is 12.3 Å². The molecular formula is C26H17N5O3. The van der Waals surface area contributed by atoms with Gasteiger partial charge in [-0.25, -0.2) is 9.48 Å². The van der Waals surface area contributed by atoms with Gasteiger partial charge in [-0.05, 0) is 35.4 Å². The monoisotopic (exact) mass is 447 g/mol. The second-order valence-corrected chi connectivity index (χ2v) is 8.63. The van der Waals surface area contributed by atoms with Crippen LogP contribution in [0.1, 0.15) is 32.7 Å². The van der Waals surface area contributed by atoms with Gasteiger partial charge in [0.1, 0.15) is 17.1 Å². The van der Waals surface area contributed by atoms with E-state index in [0.29, 0.717) is 28.2 Å². The molecular weight excluding hydrogens is 430 g/mol. The molecule has 1 spiro atoms. The quantitative estimate of drug-likeness (QED) is 0.365. The molecule has 164 valence electrons. The number of hydrogen-bond donors (Lipinski definition) is 3. The largest absolute Gasteiger partial charge is 0.327 e. The van der Waals surface area contributed by atoms with Gasteiger partial charge in [0, 0.05) is 11.1 Å². The minimum atomic E-state index is -1.45. The van der Waals surface area contributed by atoms with Gasteiger partial charge in [0.25, 0.3) is 5.56 Å². The molecule has 3 aromatic carbocycles. The molecule has 0 saturated heterocycles. The Hall–Kier alpha value is -4.72. The molecule has 2 aromatic heterocycles. The lowest BCUT2D eigenvalue weighted by Crippen LogP contribution is -2.45. The summed E-state index contributed by atoms with van der Waals surface area (Å²) < 4.78 is 1.71. The molecule has 1 atom stereocenters. The molecule has 3 heterocycles. The number of nitrogens with one attached hydrogen (secondary N) is 3. The first kappa shape index (κ1) is 18.8. The highest BCUT2D eigenvalue weighted by molar-refractivity contribution is 6.25. The molecule has 0 bridgehead atoms. The van der Waals surface area contributed by atoms with E-state index in [1.165, 1.54) is 0 Å². The summed E-state index contributed by atoms with van der Waals surface area (Å²) in [6, 6.07) is 20.8. The molecule has 0 saturated carbocycles. The molecule has 7 rings (SSSR count). The van der Waals surface area contributed by atoms with Gasteiger partial charge in [-0.1, -0.05) is 54.6 Å². The first-order chi connectivity index (χ1) is 16.5. The van der Waals surface area contributed by atoms with Crippen molar-refractivity contribution < 1.29 is 4.79 Å². The van der Waals surface area contributed by atoms with Crippen molar-refractivity contribution in [2.75, 3.05) is 5.32 Å². The molecule has 2 aliphatic rings. The number of benzene rings is 3. The van der Waals surface area contributed by atoms with E-state index in [1.54, 1.807) is 10.7 Å². The highest BCUT2D eigenvalue weighted by Gasteiger charge is 2.57. The number of aromatic nitrogens is 4. The number of ketones is 1. The second kappa shape index (κ2) is 6.20. The van der Waals surface area contributed by atoms with Crippen LogP contribution in [0.2, 0.25) is 0 Å². The zero-order valence-corrected chi connectivity index (χ0v) is 18.0. The van der Waals surface area contributed by atoms with Crippen molar-refractivity contribution in [3.8, 4) is 5.69 Å². The van der Waals surface area contributed by atoms with E-state index in [1.807, 2.05) is 67.6 Å². The van der Waals surface area contributed by atoms with Crippen molar-refractivity contribution in [3.63, 3.8) is 0 Å². The number of rotatable bonds is 1. The number of carbonyl (C=O) groups excluding carboxylic acids is 1. The molecule has 8 heteroatoms. The number of aromatic amines is 2. The maximum Gasteiger partial charge on any atom is 0.327 e. The molecule has 5 aromatic rings. The normalized spacial score (nSPS) is 17.6. The van der Waals surface area contributed by atoms with Gasteiger partial charge in [-0.3, -0.25) is 19.6 Å². The Bertz CT molecular complexity index is 1810. The number of H-pyrrole nitrogens is 2. The van der Waals surface area contributed by atoms with Gasteiger partial charge in [0.05, 0.1) is 16.9 Å². The molecule has 0 amide bonds. The summed E-state index contributed by atoms with van der Waals surface area (Å²) in [5.74, 6) is 0.517. The number of aryl methyl sites for hydroxylation is 1. The lowest BCUT2D eigenvalue weighted by atomic mass is 9.67. The molecule has 34 heavy (non-hydrogen) atoms. The summed E-state index contributed by atoms with van der Waals surface area (Å²) in [7, 11) is 0. The van der Waals surface area contributed by atoms with Gasteiger partial charge in [0.15, 0.2) is 5.78 Å². The fourth-order valence-electron chi connectivity index (χ4n) is 5.69. The topological polar surface area (TPSA) is 113 Å². The van der Waals surface area contributed by atoms with E-state index in [0.717, 1.165) is 16.5 Å². The minimum absolute atomic E-state index is 0.170. The smallest absolute Gasteiger partial charge is 0.326 e. The van der Waals surface area contributed by atoms with E-state index < -0.39 is 16.7 Å². The van der Waals surface area contributed by atoms with E-state index in [9.17, 15) is 14.4 Å². The van der Waals surface area contributed by atoms with Crippen molar-refractivity contribution in [3.05, 3.63) is 116 Å². The molecule has 0 unspecified atom stereocenters. The molecule has 3 N–H and O–H groups in total. The third kappa shape index (κ3) is 2.08. The minimum Gasteiger partial charge on any atom is -0.326 e. The van der Waals surface area contributed by atoms with Gasteiger partial charge >= 0.3 is 5.69 Å². The summed E-state index contributed by atoms with van der Waals surface area (Å²) >= 11 is 0. The molecule has 1 aliphatic heterocycles. The van der Waals surface area contributed by atoms with Crippen LogP contribution in [0.3, 0.4) is 0 Å². The van der Waals surface area contributed by atoms with Crippen LogP contribution < -0.4 is 16.6 Å². The number of anilines is 2. The van der Waals surface area contributed by atoms with Crippen molar-refractivity contribution in [1.82, 2.24) is 19.7 Å². The Kier molecular flexibility index (Phi) is 3.43. The summed E-state index contributed by atoms with van der Waals surface area (Å²) in [6.45, 7) is 1.84. The third-order valence-corrected chi connectivity index (χ3v) is 6.89. The standard InChI is InChI=1S/C26H17N5O3/c1-13-19-23(31(30-13)15-9-3-2-4-10-15)27-22-20(24(33)29-25(34)28-22)26(19)17-12-6-8-14-7-5-11-16(18(14)17)21(26)32/h2-12H,1H3,(H3,27,28,29,33,34)/t26-/m1/s1. The molecule has 8 nitrogen and oxygen atoms in total. The maximum absolute atomic E-state index is 14.4. The van der Waals surface area contributed by atoms with Crippen LogP contribution in [0.15, 0.2) is 76.3 Å². The van der Waals surface area contributed by atoms with Crippen molar-refractivity contribution >= 4 is 28.2 Å². The van der Waals surface area contributed by atoms with Crippen LogP contribution >= 0.6 is 0 Å². The molecule has 0 fully saturated rings. The van der Waals surface area contributed by atoms with Crippen LogP contribution in [-0.2, 0) is 5.41 Å².